The number of hydrogen-bond donors (Lipinski definition) is 0. The summed E-state index contributed by atoms with van der Waals surface area (Å²) in [6, 6.07) is 18.4. The van der Waals surface area contributed by atoms with Crippen LogP contribution in [-0.2, 0) is 13.5 Å². The predicted molar refractivity (Wildman–Crippen MR) is 112 cm³/mol. The Labute approximate surface area is 162 Å². The molecule has 1 nitrogen and oxygen atoms in total. The minimum absolute atomic E-state index is 0.743. The highest BCUT2D eigenvalue weighted by Crippen LogP contribution is 2.43. The number of aryl methyl sites for hydroxylation is 2. The fourth-order valence-corrected chi connectivity index (χ4v) is 5.21. The molecule has 1 heterocycles. The van der Waals surface area contributed by atoms with Gasteiger partial charge in [0.15, 0.2) is 6.20 Å². The molecule has 1 fully saturated rings. The zero-order chi connectivity index (χ0) is 18.4. The van der Waals surface area contributed by atoms with Crippen LogP contribution in [0.1, 0.15) is 60.3 Å². The standard InChI is InChI=1S/C26H28N/c1-18-12-13-23-22-11-7-6-10-21(22)16-24(23)26(18)25-17-20(14-15-27(25)2)19-8-4-3-5-9-19/h6-7,10-15,17,19H,3-5,8-9,16H2,1-2H3/q+1. The fraction of sp³-hybridized carbons (Fsp3) is 0.346. The second kappa shape index (κ2) is 6.64. The SMILES string of the molecule is Cc1ccc2c(c1-c1cc(C3CCCCC3)cc[n+]1C)Cc1ccccc1-2. The van der Waals surface area contributed by atoms with Crippen molar-refractivity contribution in [1.29, 1.82) is 0 Å². The Kier molecular flexibility index (Phi) is 4.11. The maximum atomic E-state index is 2.49. The molecule has 2 aliphatic rings. The molecular formula is C26H28N+. The molecule has 0 radical (unpaired) electrons. The Bertz CT molecular complexity index is 1010. The van der Waals surface area contributed by atoms with Crippen LogP contribution in [0.25, 0.3) is 22.4 Å². The van der Waals surface area contributed by atoms with Crippen molar-refractivity contribution in [3.63, 3.8) is 0 Å². The molecule has 0 spiro atoms. The third-order valence-corrected chi connectivity index (χ3v) is 6.70. The van der Waals surface area contributed by atoms with Gasteiger partial charge in [-0.15, -0.1) is 0 Å². The number of pyridine rings is 1. The first kappa shape index (κ1) is 16.7. The van der Waals surface area contributed by atoms with Crippen LogP contribution in [0.3, 0.4) is 0 Å². The molecule has 0 atom stereocenters. The first-order chi connectivity index (χ1) is 13.2. The first-order valence-corrected chi connectivity index (χ1v) is 10.4. The van der Waals surface area contributed by atoms with Crippen molar-refractivity contribution in [3.8, 4) is 22.4 Å². The van der Waals surface area contributed by atoms with E-state index in [1.54, 1.807) is 0 Å². The van der Waals surface area contributed by atoms with E-state index in [2.05, 4.69) is 73.3 Å². The minimum atomic E-state index is 0.743. The van der Waals surface area contributed by atoms with Crippen LogP contribution in [0.2, 0.25) is 0 Å². The summed E-state index contributed by atoms with van der Waals surface area (Å²) in [5.74, 6) is 0.743. The van der Waals surface area contributed by atoms with Gasteiger partial charge in [0.25, 0.3) is 0 Å². The Morgan fingerprint density at radius 3 is 2.56 bits per heavy atom. The summed E-state index contributed by atoms with van der Waals surface area (Å²) in [4.78, 5) is 0. The van der Waals surface area contributed by atoms with Gasteiger partial charge in [0.2, 0.25) is 5.69 Å². The average molecular weight is 355 g/mol. The lowest BCUT2D eigenvalue weighted by Crippen LogP contribution is -2.31. The van der Waals surface area contributed by atoms with Gasteiger partial charge in [0.05, 0.1) is 5.56 Å². The molecule has 0 saturated heterocycles. The summed E-state index contributed by atoms with van der Waals surface area (Å²) in [7, 11) is 2.20. The third-order valence-electron chi connectivity index (χ3n) is 6.70. The molecule has 1 heteroatoms. The largest absolute Gasteiger partial charge is 0.213 e. The van der Waals surface area contributed by atoms with Crippen molar-refractivity contribution < 1.29 is 4.57 Å². The molecule has 1 aromatic heterocycles. The van der Waals surface area contributed by atoms with Crippen LogP contribution in [0.5, 0.6) is 0 Å². The Morgan fingerprint density at radius 2 is 1.70 bits per heavy atom. The Hall–Kier alpha value is -2.41. The lowest BCUT2D eigenvalue weighted by Gasteiger charge is -2.22. The number of benzene rings is 2. The summed E-state index contributed by atoms with van der Waals surface area (Å²) in [5.41, 5.74) is 11.6. The molecule has 0 N–H and O–H groups in total. The highest BCUT2D eigenvalue weighted by Gasteiger charge is 2.27. The van der Waals surface area contributed by atoms with Crippen LogP contribution in [0, 0.1) is 6.92 Å². The normalized spacial score (nSPS) is 16.2. The number of aromatic nitrogens is 1. The maximum Gasteiger partial charge on any atom is 0.213 e. The van der Waals surface area contributed by atoms with Crippen molar-refractivity contribution >= 4 is 0 Å². The second-order valence-corrected chi connectivity index (χ2v) is 8.41. The van der Waals surface area contributed by atoms with Gasteiger partial charge in [-0.3, -0.25) is 0 Å². The van der Waals surface area contributed by atoms with Gasteiger partial charge >= 0.3 is 0 Å². The molecule has 5 rings (SSSR count). The van der Waals surface area contributed by atoms with Crippen molar-refractivity contribution in [2.75, 3.05) is 0 Å². The van der Waals surface area contributed by atoms with Gasteiger partial charge in [0.1, 0.15) is 7.05 Å². The first-order valence-electron chi connectivity index (χ1n) is 10.4. The second-order valence-electron chi connectivity index (χ2n) is 8.41. The number of rotatable bonds is 2. The topological polar surface area (TPSA) is 3.88 Å². The van der Waals surface area contributed by atoms with Gasteiger partial charge in [-0.05, 0) is 65.5 Å². The van der Waals surface area contributed by atoms with Crippen LogP contribution in [0.4, 0.5) is 0 Å². The van der Waals surface area contributed by atoms with E-state index in [9.17, 15) is 0 Å². The predicted octanol–water partition coefficient (Wildman–Crippen LogP) is 6.11. The van der Waals surface area contributed by atoms with Crippen LogP contribution < -0.4 is 4.57 Å². The number of nitrogens with zero attached hydrogens (tertiary/aromatic N) is 1. The summed E-state index contributed by atoms with van der Waals surface area (Å²) in [6.45, 7) is 2.27. The lowest BCUT2D eigenvalue weighted by molar-refractivity contribution is -0.660. The quantitative estimate of drug-likeness (QED) is 0.383. The van der Waals surface area contributed by atoms with E-state index < -0.39 is 0 Å². The smallest absolute Gasteiger partial charge is 0.201 e. The van der Waals surface area contributed by atoms with E-state index in [0.29, 0.717) is 0 Å². The molecular weight excluding hydrogens is 326 g/mol. The molecule has 136 valence electrons. The molecule has 0 bridgehead atoms. The van der Waals surface area contributed by atoms with Gasteiger partial charge < -0.3 is 0 Å². The number of hydrogen-bond acceptors (Lipinski definition) is 0. The van der Waals surface area contributed by atoms with Crippen molar-refractivity contribution in [2.24, 2.45) is 7.05 Å². The fourth-order valence-electron chi connectivity index (χ4n) is 5.21. The molecule has 3 aromatic rings. The molecule has 0 amide bonds. The van der Waals surface area contributed by atoms with E-state index in [-0.39, 0.29) is 0 Å². The van der Waals surface area contributed by atoms with Crippen LogP contribution >= 0.6 is 0 Å². The highest BCUT2D eigenvalue weighted by atomic mass is 14.9. The Morgan fingerprint density at radius 1 is 0.889 bits per heavy atom. The third kappa shape index (κ3) is 2.81. The average Bonchev–Trinajstić information content (AvgIpc) is 3.08. The van der Waals surface area contributed by atoms with E-state index >= 15 is 0 Å². The van der Waals surface area contributed by atoms with Gasteiger partial charge in [-0.1, -0.05) is 55.7 Å². The highest BCUT2D eigenvalue weighted by molar-refractivity contribution is 5.84. The molecule has 1 saturated carbocycles. The van der Waals surface area contributed by atoms with Gasteiger partial charge in [-0.25, -0.2) is 4.57 Å². The minimum Gasteiger partial charge on any atom is -0.201 e. The van der Waals surface area contributed by atoms with Crippen molar-refractivity contribution in [1.82, 2.24) is 0 Å². The van der Waals surface area contributed by atoms with E-state index in [1.165, 1.54) is 76.7 Å². The van der Waals surface area contributed by atoms with Crippen LogP contribution in [0.15, 0.2) is 54.7 Å². The molecule has 0 aliphatic heterocycles. The molecule has 0 unspecified atom stereocenters. The zero-order valence-electron chi connectivity index (χ0n) is 16.5. The summed E-state index contributed by atoms with van der Waals surface area (Å²) in [5, 5.41) is 0. The van der Waals surface area contributed by atoms with Crippen molar-refractivity contribution in [3.05, 3.63) is 77.0 Å². The summed E-state index contributed by atoms with van der Waals surface area (Å²) in [6.07, 6.45) is 10.2. The van der Waals surface area contributed by atoms with E-state index in [4.69, 9.17) is 0 Å². The number of fused-ring (bicyclic) bond motifs is 3. The van der Waals surface area contributed by atoms with Crippen LogP contribution in [-0.4, -0.2) is 0 Å². The Balaban J connectivity index is 1.65. The monoisotopic (exact) mass is 354 g/mol. The van der Waals surface area contributed by atoms with E-state index in [1.807, 2.05) is 0 Å². The molecule has 2 aromatic carbocycles. The van der Waals surface area contributed by atoms with Gasteiger partial charge in [-0.2, -0.15) is 0 Å². The maximum absolute atomic E-state index is 2.49. The van der Waals surface area contributed by atoms with Gasteiger partial charge in [0, 0.05) is 12.1 Å². The summed E-state index contributed by atoms with van der Waals surface area (Å²) >= 11 is 0. The molecule has 27 heavy (non-hydrogen) atoms. The summed E-state index contributed by atoms with van der Waals surface area (Å²) < 4.78 is 2.32. The van der Waals surface area contributed by atoms with Crippen molar-refractivity contribution in [2.45, 2.75) is 51.4 Å². The zero-order valence-corrected chi connectivity index (χ0v) is 16.5. The lowest BCUT2D eigenvalue weighted by atomic mass is 9.83. The molecule has 2 aliphatic carbocycles. The van der Waals surface area contributed by atoms with E-state index in [0.717, 1.165) is 12.3 Å².